The Hall–Kier alpha value is -1.39. The molecular formula is C17H19BrFNO. The van der Waals surface area contributed by atoms with Crippen molar-refractivity contribution >= 4 is 15.9 Å². The number of halogens is 2. The van der Waals surface area contributed by atoms with Crippen molar-refractivity contribution < 1.29 is 9.13 Å². The molecule has 1 unspecified atom stereocenters. The van der Waals surface area contributed by atoms with Crippen LogP contribution in [0, 0.1) is 5.82 Å². The molecule has 112 valence electrons. The number of rotatable bonds is 6. The van der Waals surface area contributed by atoms with Gasteiger partial charge in [-0.25, -0.2) is 4.39 Å². The summed E-state index contributed by atoms with van der Waals surface area (Å²) in [6.45, 7) is 2.71. The van der Waals surface area contributed by atoms with Crippen LogP contribution in [0.3, 0.4) is 0 Å². The van der Waals surface area contributed by atoms with Gasteiger partial charge in [-0.2, -0.15) is 0 Å². The molecule has 0 aliphatic rings. The van der Waals surface area contributed by atoms with Gasteiger partial charge >= 0.3 is 0 Å². The van der Waals surface area contributed by atoms with E-state index in [4.69, 9.17) is 4.74 Å². The van der Waals surface area contributed by atoms with E-state index in [0.29, 0.717) is 12.2 Å². The molecule has 0 amide bonds. The van der Waals surface area contributed by atoms with Gasteiger partial charge in [-0.3, -0.25) is 0 Å². The Bertz CT molecular complexity index is 583. The smallest absolute Gasteiger partial charge is 0.129 e. The van der Waals surface area contributed by atoms with E-state index >= 15 is 0 Å². The van der Waals surface area contributed by atoms with Crippen LogP contribution in [0.2, 0.25) is 0 Å². The van der Waals surface area contributed by atoms with Gasteiger partial charge in [0.15, 0.2) is 0 Å². The van der Waals surface area contributed by atoms with Crippen LogP contribution in [0.15, 0.2) is 46.9 Å². The van der Waals surface area contributed by atoms with E-state index in [9.17, 15) is 4.39 Å². The van der Waals surface area contributed by atoms with Crippen LogP contribution < -0.4 is 10.1 Å². The monoisotopic (exact) mass is 351 g/mol. The quantitative estimate of drug-likeness (QED) is 0.815. The zero-order chi connectivity index (χ0) is 15.2. The minimum absolute atomic E-state index is 0.242. The average molecular weight is 352 g/mol. The third-order valence-corrected chi connectivity index (χ3v) is 3.96. The Kier molecular flexibility index (Phi) is 5.76. The molecule has 2 nitrogen and oxygen atoms in total. The largest absolute Gasteiger partial charge is 0.493 e. The first kappa shape index (κ1) is 16.0. The zero-order valence-electron chi connectivity index (χ0n) is 12.2. The second kappa shape index (κ2) is 7.57. The van der Waals surface area contributed by atoms with Gasteiger partial charge in [-0.05, 0) is 31.7 Å². The van der Waals surface area contributed by atoms with Crippen LogP contribution in [-0.2, 0) is 0 Å². The lowest BCUT2D eigenvalue weighted by atomic mass is 9.97. The van der Waals surface area contributed by atoms with Gasteiger partial charge in [0.1, 0.15) is 11.6 Å². The molecule has 1 N–H and O–H groups in total. The van der Waals surface area contributed by atoms with Crippen molar-refractivity contribution in [3.8, 4) is 5.75 Å². The van der Waals surface area contributed by atoms with Gasteiger partial charge in [0, 0.05) is 15.6 Å². The van der Waals surface area contributed by atoms with E-state index in [1.165, 1.54) is 6.07 Å². The summed E-state index contributed by atoms with van der Waals surface area (Å²) < 4.78 is 20.8. The van der Waals surface area contributed by atoms with Crippen molar-refractivity contribution in [1.29, 1.82) is 0 Å². The van der Waals surface area contributed by atoms with E-state index < -0.39 is 0 Å². The zero-order valence-corrected chi connectivity index (χ0v) is 13.8. The van der Waals surface area contributed by atoms with Gasteiger partial charge < -0.3 is 10.1 Å². The average Bonchev–Trinajstić information content (AvgIpc) is 2.49. The van der Waals surface area contributed by atoms with Crippen LogP contribution in [0.5, 0.6) is 5.75 Å². The van der Waals surface area contributed by atoms with E-state index in [1.54, 1.807) is 6.07 Å². The van der Waals surface area contributed by atoms with Crippen LogP contribution in [0.1, 0.15) is 30.5 Å². The highest BCUT2D eigenvalue weighted by molar-refractivity contribution is 9.10. The summed E-state index contributed by atoms with van der Waals surface area (Å²) in [5, 5.41) is 3.18. The summed E-state index contributed by atoms with van der Waals surface area (Å²) in [5.74, 6) is 0.544. The maximum Gasteiger partial charge on any atom is 0.129 e. The summed E-state index contributed by atoms with van der Waals surface area (Å²) >= 11 is 3.44. The van der Waals surface area contributed by atoms with Crippen LogP contribution in [0.4, 0.5) is 4.39 Å². The number of para-hydroxylation sites is 1. The molecule has 0 aromatic heterocycles. The molecule has 0 spiro atoms. The molecule has 0 saturated heterocycles. The predicted molar refractivity (Wildman–Crippen MR) is 87.2 cm³/mol. The molecule has 2 aromatic carbocycles. The third kappa shape index (κ3) is 3.63. The van der Waals surface area contributed by atoms with Crippen LogP contribution in [0.25, 0.3) is 0 Å². The molecule has 0 heterocycles. The predicted octanol–water partition coefficient (Wildman–Crippen LogP) is 4.69. The van der Waals surface area contributed by atoms with Gasteiger partial charge in [-0.15, -0.1) is 0 Å². The van der Waals surface area contributed by atoms with Crippen molar-refractivity contribution in [1.82, 2.24) is 5.32 Å². The molecule has 2 aromatic rings. The number of nitrogens with one attached hydrogen (secondary N) is 1. The topological polar surface area (TPSA) is 21.3 Å². The molecule has 0 saturated carbocycles. The van der Waals surface area contributed by atoms with Gasteiger partial charge in [0.05, 0.1) is 12.6 Å². The van der Waals surface area contributed by atoms with Crippen molar-refractivity contribution in [2.24, 2.45) is 0 Å². The van der Waals surface area contributed by atoms with E-state index in [1.807, 2.05) is 37.4 Å². The molecule has 21 heavy (non-hydrogen) atoms. The van der Waals surface area contributed by atoms with Crippen molar-refractivity contribution in [3.63, 3.8) is 0 Å². The minimum Gasteiger partial charge on any atom is -0.493 e. The molecular weight excluding hydrogens is 333 g/mol. The first-order chi connectivity index (χ1) is 10.2. The fraction of sp³-hybridized carbons (Fsp3) is 0.294. The maximum atomic E-state index is 14.2. The fourth-order valence-electron chi connectivity index (χ4n) is 2.30. The van der Waals surface area contributed by atoms with Crippen molar-refractivity contribution in [2.45, 2.75) is 19.4 Å². The maximum absolute atomic E-state index is 14.2. The molecule has 4 heteroatoms. The molecule has 2 rings (SSSR count). The van der Waals surface area contributed by atoms with Crippen molar-refractivity contribution in [3.05, 3.63) is 63.9 Å². The highest BCUT2D eigenvalue weighted by atomic mass is 79.9. The lowest BCUT2D eigenvalue weighted by molar-refractivity contribution is 0.312. The normalized spacial score (nSPS) is 12.2. The second-order valence-corrected chi connectivity index (χ2v) is 5.60. The number of hydrogen-bond acceptors (Lipinski definition) is 2. The first-order valence-electron chi connectivity index (χ1n) is 7.02. The highest BCUT2D eigenvalue weighted by Gasteiger charge is 2.22. The highest BCUT2D eigenvalue weighted by Crippen LogP contribution is 2.35. The Morgan fingerprint density at radius 3 is 2.62 bits per heavy atom. The van der Waals surface area contributed by atoms with Crippen LogP contribution in [-0.4, -0.2) is 13.7 Å². The second-order valence-electron chi connectivity index (χ2n) is 4.74. The number of ether oxygens (including phenoxy) is 1. The summed E-state index contributed by atoms with van der Waals surface area (Å²) in [5.41, 5.74) is 1.52. The molecule has 0 aliphatic carbocycles. The van der Waals surface area contributed by atoms with E-state index in [2.05, 4.69) is 28.2 Å². The van der Waals surface area contributed by atoms with Gasteiger partial charge in [-0.1, -0.05) is 47.1 Å². The molecule has 0 bridgehead atoms. The summed E-state index contributed by atoms with van der Waals surface area (Å²) in [4.78, 5) is 0. The third-order valence-electron chi connectivity index (χ3n) is 3.27. The number of hydrogen-bond donors (Lipinski definition) is 1. The lowest BCUT2D eigenvalue weighted by Gasteiger charge is -2.22. The lowest BCUT2D eigenvalue weighted by Crippen LogP contribution is -2.20. The molecule has 0 aliphatic heterocycles. The van der Waals surface area contributed by atoms with Gasteiger partial charge in [0.2, 0.25) is 0 Å². The standard InChI is InChI=1S/C17H19BrFNO/c1-3-11-21-15-10-5-4-7-12(15)17(20-2)16-13(18)8-6-9-14(16)19/h4-10,17,20H,3,11H2,1-2H3. The molecule has 0 fully saturated rings. The Labute approximate surface area is 133 Å². The number of benzene rings is 2. The molecule has 0 radical (unpaired) electrons. The summed E-state index contributed by atoms with van der Waals surface area (Å²) in [6, 6.07) is 12.5. The SMILES string of the molecule is CCCOc1ccccc1C(NC)c1c(F)cccc1Br. The van der Waals surface area contributed by atoms with E-state index in [-0.39, 0.29) is 11.9 Å². The first-order valence-corrected chi connectivity index (χ1v) is 7.81. The van der Waals surface area contributed by atoms with Gasteiger partial charge in [0.25, 0.3) is 0 Å². The van der Waals surface area contributed by atoms with Crippen molar-refractivity contribution in [2.75, 3.05) is 13.7 Å². The summed E-state index contributed by atoms with van der Waals surface area (Å²) in [7, 11) is 1.82. The Morgan fingerprint density at radius 2 is 1.95 bits per heavy atom. The van der Waals surface area contributed by atoms with Crippen LogP contribution >= 0.6 is 15.9 Å². The molecule has 1 atom stereocenters. The van der Waals surface area contributed by atoms with E-state index in [0.717, 1.165) is 22.2 Å². The Balaban J connectivity index is 2.47. The fourth-order valence-corrected chi connectivity index (χ4v) is 2.88. The Morgan fingerprint density at radius 1 is 1.19 bits per heavy atom. The summed E-state index contributed by atoms with van der Waals surface area (Å²) in [6.07, 6.45) is 0.932. The minimum atomic E-state index is -0.270.